The van der Waals surface area contributed by atoms with Crippen LogP contribution in [0.5, 0.6) is 0 Å². The van der Waals surface area contributed by atoms with E-state index in [9.17, 15) is 13.2 Å². The largest absolute Gasteiger partial charge is 0.354 e. The van der Waals surface area contributed by atoms with Gasteiger partial charge in [0.15, 0.2) is 5.13 Å². The molecule has 4 aromatic rings. The maximum atomic E-state index is 12.4. The first-order valence-corrected chi connectivity index (χ1v) is 11.7. The van der Waals surface area contributed by atoms with Crippen molar-refractivity contribution in [3.8, 4) is 0 Å². The molecule has 2 aromatic carbocycles. The van der Waals surface area contributed by atoms with Gasteiger partial charge in [-0.2, -0.15) is 0 Å². The smallest absolute Gasteiger partial charge is 0.263 e. The number of thiazole rings is 1. The van der Waals surface area contributed by atoms with Crippen molar-refractivity contribution < 1.29 is 13.2 Å². The van der Waals surface area contributed by atoms with E-state index < -0.39 is 10.0 Å². The molecule has 4 rings (SSSR count). The Balaban J connectivity index is 1.30. The molecule has 0 spiro atoms. The summed E-state index contributed by atoms with van der Waals surface area (Å²) >= 11 is 1.15. The fourth-order valence-corrected chi connectivity index (χ4v) is 5.07. The number of fused-ring (bicyclic) bond motifs is 1. The van der Waals surface area contributed by atoms with Gasteiger partial charge in [0.25, 0.3) is 10.0 Å². The molecule has 0 aliphatic heterocycles. The van der Waals surface area contributed by atoms with Gasteiger partial charge in [-0.3, -0.25) is 9.52 Å². The molecular formula is C21H20N4O3S2. The molecule has 2 N–H and O–H groups in total. The maximum absolute atomic E-state index is 12.4. The molecule has 0 fully saturated rings. The molecule has 0 atom stereocenters. The number of rotatable bonds is 8. The number of nitrogens with one attached hydrogen (secondary N) is 2. The van der Waals surface area contributed by atoms with E-state index in [1.807, 2.05) is 30.5 Å². The Hall–Kier alpha value is -3.17. The summed E-state index contributed by atoms with van der Waals surface area (Å²) < 4.78 is 29.3. The summed E-state index contributed by atoms with van der Waals surface area (Å²) in [5, 5.41) is 5.97. The van der Waals surface area contributed by atoms with Crippen LogP contribution in [0.4, 0.5) is 5.13 Å². The topological polar surface area (TPSA) is 93.1 Å². The predicted octanol–water partition coefficient (Wildman–Crippen LogP) is 3.26. The summed E-state index contributed by atoms with van der Waals surface area (Å²) in [6.07, 6.45) is 2.10. The van der Waals surface area contributed by atoms with Gasteiger partial charge in [-0.1, -0.05) is 36.4 Å². The first-order valence-electron chi connectivity index (χ1n) is 9.34. The van der Waals surface area contributed by atoms with Crippen LogP contribution in [0.25, 0.3) is 10.9 Å². The van der Waals surface area contributed by atoms with E-state index in [2.05, 4.69) is 25.7 Å². The molecule has 0 aliphatic rings. The molecule has 0 aliphatic carbocycles. The highest BCUT2D eigenvalue weighted by atomic mass is 32.2. The Morgan fingerprint density at radius 3 is 2.63 bits per heavy atom. The number of amides is 1. The molecule has 1 amide bonds. The van der Waals surface area contributed by atoms with Gasteiger partial charge in [-0.15, -0.1) is 11.3 Å². The van der Waals surface area contributed by atoms with Crippen LogP contribution in [0.1, 0.15) is 5.69 Å². The second kappa shape index (κ2) is 8.68. The molecule has 0 saturated carbocycles. The third-order valence-electron chi connectivity index (χ3n) is 4.52. The van der Waals surface area contributed by atoms with Gasteiger partial charge in [0.05, 0.1) is 17.0 Å². The van der Waals surface area contributed by atoms with Gasteiger partial charge in [0.1, 0.15) is 0 Å². The fourth-order valence-electron chi connectivity index (χ4n) is 3.09. The van der Waals surface area contributed by atoms with E-state index in [0.717, 1.165) is 22.2 Å². The van der Waals surface area contributed by atoms with Crippen LogP contribution in [0.15, 0.2) is 77.1 Å². The first kappa shape index (κ1) is 20.1. The maximum Gasteiger partial charge on any atom is 0.263 e. The van der Waals surface area contributed by atoms with Crippen molar-refractivity contribution in [3.63, 3.8) is 0 Å². The molecule has 2 heterocycles. The van der Waals surface area contributed by atoms with Crippen molar-refractivity contribution in [3.05, 3.63) is 77.9 Å². The zero-order valence-electron chi connectivity index (χ0n) is 16.0. The fraction of sp³-hybridized carbons (Fsp3) is 0.143. The average Bonchev–Trinajstić information content (AvgIpc) is 3.35. The molecule has 2 aromatic heterocycles. The first-order chi connectivity index (χ1) is 14.5. The summed E-state index contributed by atoms with van der Waals surface area (Å²) in [5.41, 5.74) is 1.65. The minimum atomic E-state index is -3.69. The molecule has 7 nitrogen and oxygen atoms in total. The van der Waals surface area contributed by atoms with Crippen molar-refractivity contribution in [1.82, 2.24) is 14.9 Å². The lowest BCUT2D eigenvalue weighted by Gasteiger charge is -2.07. The number of hydrogen-bond acceptors (Lipinski definition) is 5. The van der Waals surface area contributed by atoms with Crippen LogP contribution in [0, 0.1) is 0 Å². The van der Waals surface area contributed by atoms with E-state index in [0.29, 0.717) is 18.8 Å². The molecule has 154 valence electrons. The number of benzene rings is 2. The third kappa shape index (κ3) is 4.69. The second-order valence-electron chi connectivity index (χ2n) is 6.66. The number of para-hydroxylation sites is 1. The van der Waals surface area contributed by atoms with Crippen LogP contribution in [0.3, 0.4) is 0 Å². The Kier molecular flexibility index (Phi) is 5.82. The quantitative estimate of drug-likeness (QED) is 0.440. The lowest BCUT2D eigenvalue weighted by molar-refractivity contribution is -0.120. The molecule has 30 heavy (non-hydrogen) atoms. The number of carbonyl (C=O) groups is 1. The monoisotopic (exact) mass is 440 g/mol. The second-order valence-corrected chi connectivity index (χ2v) is 9.20. The summed E-state index contributed by atoms with van der Waals surface area (Å²) in [6, 6.07) is 18.2. The number of nitrogens with zero attached hydrogens (tertiary/aromatic N) is 2. The van der Waals surface area contributed by atoms with E-state index in [1.54, 1.807) is 23.6 Å². The lowest BCUT2D eigenvalue weighted by atomic mass is 10.2. The average molecular weight is 441 g/mol. The summed E-state index contributed by atoms with van der Waals surface area (Å²) in [4.78, 5) is 16.6. The van der Waals surface area contributed by atoms with Crippen molar-refractivity contribution in [2.45, 2.75) is 17.9 Å². The lowest BCUT2D eigenvalue weighted by Crippen LogP contribution is -2.28. The third-order valence-corrected chi connectivity index (χ3v) is 6.81. The van der Waals surface area contributed by atoms with Crippen LogP contribution in [0.2, 0.25) is 0 Å². The van der Waals surface area contributed by atoms with Gasteiger partial charge in [-0.25, -0.2) is 13.4 Å². The summed E-state index contributed by atoms with van der Waals surface area (Å²) in [5.74, 6) is -0.158. The van der Waals surface area contributed by atoms with Gasteiger partial charge < -0.3 is 9.88 Å². The predicted molar refractivity (Wildman–Crippen MR) is 118 cm³/mol. The molecule has 0 saturated heterocycles. The van der Waals surface area contributed by atoms with Crippen molar-refractivity contribution in [2.75, 3.05) is 11.3 Å². The molecule has 0 unspecified atom stereocenters. The van der Waals surface area contributed by atoms with E-state index in [1.165, 1.54) is 12.1 Å². The van der Waals surface area contributed by atoms with E-state index >= 15 is 0 Å². The Bertz CT molecular complexity index is 1260. The zero-order valence-corrected chi connectivity index (χ0v) is 17.6. The minimum Gasteiger partial charge on any atom is -0.354 e. The van der Waals surface area contributed by atoms with Crippen molar-refractivity contribution >= 4 is 43.3 Å². The van der Waals surface area contributed by atoms with E-state index in [-0.39, 0.29) is 22.4 Å². The van der Waals surface area contributed by atoms with Gasteiger partial charge in [0, 0.05) is 30.2 Å². The van der Waals surface area contributed by atoms with Crippen LogP contribution < -0.4 is 10.0 Å². The van der Waals surface area contributed by atoms with Crippen LogP contribution in [-0.2, 0) is 27.8 Å². The molecular weight excluding hydrogens is 420 g/mol. The van der Waals surface area contributed by atoms with Gasteiger partial charge in [-0.05, 0) is 29.7 Å². The number of anilines is 1. The highest BCUT2D eigenvalue weighted by Gasteiger charge is 2.16. The van der Waals surface area contributed by atoms with Crippen molar-refractivity contribution in [2.24, 2.45) is 0 Å². The summed E-state index contributed by atoms with van der Waals surface area (Å²) in [6.45, 7) is 1.16. The SMILES string of the molecule is O=C(Cc1csc(NS(=O)(=O)c2ccccc2)n1)NCCn1ccc2ccccc21. The number of hydrogen-bond donors (Lipinski definition) is 2. The van der Waals surface area contributed by atoms with Crippen LogP contribution >= 0.6 is 11.3 Å². The molecule has 9 heteroatoms. The highest BCUT2D eigenvalue weighted by molar-refractivity contribution is 7.93. The zero-order chi connectivity index (χ0) is 21.0. The Morgan fingerprint density at radius 1 is 1.03 bits per heavy atom. The normalized spacial score (nSPS) is 11.5. The van der Waals surface area contributed by atoms with Gasteiger partial charge in [0.2, 0.25) is 5.91 Å². The number of carbonyl (C=O) groups excluding carboxylic acids is 1. The molecule has 0 bridgehead atoms. The molecule has 0 radical (unpaired) electrons. The van der Waals surface area contributed by atoms with Gasteiger partial charge >= 0.3 is 0 Å². The minimum absolute atomic E-state index is 0.0932. The number of aromatic nitrogens is 2. The van der Waals surface area contributed by atoms with E-state index in [4.69, 9.17) is 0 Å². The Labute approximate surface area is 178 Å². The Morgan fingerprint density at radius 2 is 1.80 bits per heavy atom. The standard InChI is InChI=1S/C21H20N4O3S2/c26-20(22-11-13-25-12-10-16-6-4-5-9-19(16)25)14-17-15-29-21(23-17)24-30(27,28)18-7-2-1-3-8-18/h1-10,12,15H,11,13-14H2,(H,22,26)(H,23,24). The summed E-state index contributed by atoms with van der Waals surface area (Å²) in [7, 11) is -3.69. The number of sulfonamides is 1. The van der Waals surface area contributed by atoms with Crippen molar-refractivity contribution in [1.29, 1.82) is 0 Å². The highest BCUT2D eigenvalue weighted by Crippen LogP contribution is 2.20. The van der Waals surface area contributed by atoms with Crippen LogP contribution in [-0.4, -0.2) is 30.4 Å².